The normalized spacial score (nSPS) is 14.8. The summed E-state index contributed by atoms with van der Waals surface area (Å²) in [6, 6.07) is 13.1. The number of benzene rings is 2. The Morgan fingerprint density at radius 2 is 1.69 bits per heavy atom. The highest BCUT2D eigenvalue weighted by molar-refractivity contribution is 7.92. The van der Waals surface area contributed by atoms with Crippen molar-refractivity contribution in [3.05, 3.63) is 65.2 Å². The van der Waals surface area contributed by atoms with Gasteiger partial charge in [0.25, 0.3) is 0 Å². The lowest BCUT2D eigenvalue weighted by atomic mass is 10.1. The molecule has 0 saturated heterocycles. The number of nitrogens with one attached hydrogen (secondary N) is 1. The number of rotatable bonds is 10. The third-order valence-electron chi connectivity index (χ3n) is 6.56. The minimum Gasteiger partial charge on any atom is -0.352 e. The number of ketones is 1. The van der Waals surface area contributed by atoms with Gasteiger partial charge in [0.2, 0.25) is 21.8 Å². The highest BCUT2D eigenvalue weighted by Crippen LogP contribution is 2.22. The molecule has 3 rings (SSSR count). The molecule has 2 aromatic rings. The van der Waals surface area contributed by atoms with Crippen molar-refractivity contribution in [3.63, 3.8) is 0 Å². The Morgan fingerprint density at radius 1 is 1.06 bits per heavy atom. The molecule has 9 heteroatoms. The maximum absolute atomic E-state index is 13.6. The minimum absolute atomic E-state index is 0.0955. The first kappa shape index (κ1) is 27.4. The molecule has 0 bridgehead atoms. The minimum atomic E-state index is -3.86. The Morgan fingerprint density at radius 3 is 2.28 bits per heavy atom. The second-order valence-electron chi connectivity index (χ2n) is 9.55. The van der Waals surface area contributed by atoms with Gasteiger partial charge >= 0.3 is 0 Å². The molecular weight excluding hydrogens is 478 g/mol. The standard InChI is InChI=1S/C27H35N3O5S/c1-19-12-14-22(15-13-19)17-29(20(2)27(33)28-24-9-5-6-10-24)26(32)18-30(36(4,34)35)25-11-7-8-23(16-25)21(3)31/h7-8,11-16,20,24H,5-6,9-10,17-18H2,1-4H3,(H,28,33)/t20-/m1/s1. The molecule has 1 aliphatic carbocycles. The quantitative estimate of drug-likeness (QED) is 0.490. The summed E-state index contributed by atoms with van der Waals surface area (Å²) in [5, 5.41) is 3.04. The lowest BCUT2D eigenvalue weighted by Gasteiger charge is -2.32. The molecule has 0 heterocycles. The predicted octanol–water partition coefficient (Wildman–Crippen LogP) is 3.44. The third-order valence-corrected chi connectivity index (χ3v) is 7.70. The number of Topliss-reactive ketones (excluding diaryl/α,β-unsaturated/α-hetero) is 1. The van der Waals surface area contributed by atoms with Gasteiger partial charge in [0.15, 0.2) is 5.78 Å². The molecule has 2 aromatic carbocycles. The number of sulfonamides is 1. The topological polar surface area (TPSA) is 104 Å². The van der Waals surface area contributed by atoms with Crippen LogP contribution in [0.5, 0.6) is 0 Å². The van der Waals surface area contributed by atoms with E-state index >= 15 is 0 Å². The lowest BCUT2D eigenvalue weighted by Crippen LogP contribution is -2.52. The molecule has 1 fully saturated rings. The summed E-state index contributed by atoms with van der Waals surface area (Å²) in [6.07, 6.45) is 4.97. The van der Waals surface area contributed by atoms with Gasteiger partial charge in [-0.2, -0.15) is 0 Å². The Kier molecular flexibility index (Phi) is 8.89. The number of anilines is 1. The lowest BCUT2D eigenvalue weighted by molar-refractivity contribution is -0.139. The van der Waals surface area contributed by atoms with Gasteiger partial charge in [-0.25, -0.2) is 8.42 Å². The fraction of sp³-hybridized carbons (Fsp3) is 0.444. The first-order valence-electron chi connectivity index (χ1n) is 12.2. The van der Waals surface area contributed by atoms with Crippen LogP contribution in [0.15, 0.2) is 48.5 Å². The molecule has 0 aliphatic heterocycles. The molecular formula is C27H35N3O5S. The van der Waals surface area contributed by atoms with Gasteiger partial charge in [-0.15, -0.1) is 0 Å². The van der Waals surface area contributed by atoms with Gasteiger partial charge < -0.3 is 10.2 Å². The number of carbonyl (C=O) groups excluding carboxylic acids is 3. The molecule has 1 atom stereocenters. The molecule has 1 saturated carbocycles. The highest BCUT2D eigenvalue weighted by atomic mass is 32.2. The molecule has 0 radical (unpaired) electrons. The number of hydrogen-bond donors (Lipinski definition) is 1. The monoisotopic (exact) mass is 513 g/mol. The van der Waals surface area contributed by atoms with Crippen molar-refractivity contribution in [2.75, 3.05) is 17.1 Å². The van der Waals surface area contributed by atoms with Crippen LogP contribution in [0.3, 0.4) is 0 Å². The first-order valence-corrected chi connectivity index (χ1v) is 14.0. The molecule has 2 amide bonds. The summed E-state index contributed by atoms with van der Waals surface area (Å²) in [5.41, 5.74) is 2.46. The van der Waals surface area contributed by atoms with Gasteiger partial charge in [0.05, 0.1) is 11.9 Å². The first-order chi connectivity index (χ1) is 17.0. The van der Waals surface area contributed by atoms with Crippen molar-refractivity contribution in [2.45, 2.75) is 65.1 Å². The summed E-state index contributed by atoms with van der Waals surface area (Å²) in [5.74, 6) is -0.982. The number of amides is 2. The van der Waals surface area contributed by atoms with Crippen LogP contribution in [0.25, 0.3) is 0 Å². The summed E-state index contributed by atoms with van der Waals surface area (Å²) in [7, 11) is -3.86. The maximum Gasteiger partial charge on any atom is 0.244 e. The number of aryl methyl sites for hydroxylation is 1. The van der Waals surface area contributed by atoms with Crippen LogP contribution < -0.4 is 9.62 Å². The Balaban J connectivity index is 1.90. The average Bonchev–Trinajstić information content (AvgIpc) is 3.34. The van der Waals surface area contributed by atoms with E-state index in [1.165, 1.54) is 17.9 Å². The summed E-state index contributed by atoms with van der Waals surface area (Å²) in [6.45, 7) is 4.68. The van der Waals surface area contributed by atoms with Crippen molar-refractivity contribution in [3.8, 4) is 0 Å². The van der Waals surface area contributed by atoms with Crippen molar-refractivity contribution in [1.82, 2.24) is 10.2 Å². The highest BCUT2D eigenvalue weighted by Gasteiger charge is 2.31. The molecule has 1 N–H and O–H groups in total. The Labute approximate surface area is 213 Å². The fourth-order valence-corrected chi connectivity index (χ4v) is 5.20. The smallest absolute Gasteiger partial charge is 0.244 e. The van der Waals surface area contributed by atoms with Gasteiger partial charge in [0.1, 0.15) is 12.6 Å². The van der Waals surface area contributed by atoms with E-state index in [-0.39, 0.29) is 30.0 Å². The zero-order valence-corrected chi connectivity index (χ0v) is 22.2. The number of carbonyl (C=O) groups is 3. The van der Waals surface area contributed by atoms with E-state index in [4.69, 9.17) is 0 Å². The predicted molar refractivity (Wildman–Crippen MR) is 140 cm³/mol. The average molecular weight is 514 g/mol. The van der Waals surface area contributed by atoms with E-state index in [0.717, 1.165) is 47.4 Å². The van der Waals surface area contributed by atoms with E-state index in [9.17, 15) is 22.8 Å². The second kappa shape index (κ2) is 11.7. The van der Waals surface area contributed by atoms with Crippen LogP contribution in [-0.2, 0) is 26.2 Å². The van der Waals surface area contributed by atoms with Crippen LogP contribution in [0.2, 0.25) is 0 Å². The summed E-state index contributed by atoms with van der Waals surface area (Å²) < 4.78 is 26.4. The van der Waals surface area contributed by atoms with Gasteiger partial charge in [-0.05, 0) is 51.3 Å². The largest absolute Gasteiger partial charge is 0.352 e. The maximum atomic E-state index is 13.6. The Bertz CT molecular complexity index is 1200. The van der Waals surface area contributed by atoms with Crippen LogP contribution in [0.1, 0.15) is 61.0 Å². The van der Waals surface area contributed by atoms with Gasteiger partial charge in [-0.1, -0.05) is 54.8 Å². The van der Waals surface area contributed by atoms with Crippen molar-refractivity contribution in [1.29, 1.82) is 0 Å². The van der Waals surface area contributed by atoms with Crippen LogP contribution >= 0.6 is 0 Å². The molecule has 0 spiro atoms. The van der Waals surface area contributed by atoms with E-state index < -0.39 is 28.5 Å². The fourth-order valence-electron chi connectivity index (χ4n) is 4.36. The van der Waals surface area contributed by atoms with E-state index in [0.29, 0.717) is 5.56 Å². The number of nitrogens with zero attached hydrogens (tertiary/aromatic N) is 2. The van der Waals surface area contributed by atoms with Crippen molar-refractivity contribution < 1.29 is 22.8 Å². The third kappa shape index (κ3) is 7.16. The molecule has 0 aromatic heterocycles. The van der Waals surface area contributed by atoms with Crippen molar-refractivity contribution >= 4 is 33.3 Å². The molecule has 194 valence electrons. The van der Waals surface area contributed by atoms with Crippen LogP contribution in [0.4, 0.5) is 5.69 Å². The number of hydrogen-bond acceptors (Lipinski definition) is 5. The molecule has 36 heavy (non-hydrogen) atoms. The summed E-state index contributed by atoms with van der Waals surface area (Å²) >= 11 is 0. The zero-order chi connectivity index (χ0) is 26.5. The zero-order valence-electron chi connectivity index (χ0n) is 21.4. The van der Waals surface area contributed by atoms with E-state index in [1.54, 1.807) is 25.1 Å². The second-order valence-corrected chi connectivity index (χ2v) is 11.5. The SMILES string of the molecule is CC(=O)c1cccc(N(CC(=O)N(Cc2ccc(C)cc2)[C@H](C)C(=O)NC2CCCC2)S(C)(=O)=O)c1. The van der Waals surface area contributed by atoms with E-state index in [2.05, 4.69) is 5.32 Å². The van der Waals surface area contributed by atoms with Crippen LogP contribution in [0, 0.1) is 6.92 Å². The van der Waals surface area contributed by atoms with Crippen molar-refractivity contribution in [2.24, 2.45) is 0 Å². The summed E-state index contributed by atoms with van der Waals surface area (Å²) in [4.78, 5) is 40.0. The molecule has 0 unspecified atom stereocenters. The molecule has 8 nitrogen and oxygen atoms in total. The van der Waals surface area contributed by atoms with E-state index in [1.807, 2.05) is 31.2 Å². The Hall–Kier alpha value is -3.20. The van der Waals surface area contributed by atoms with Gasteiger partial charge in [-0.3, -0.25) is 18.7 Å². The van der Waals surface area contributed by atoms with Gasteiger partial charge in [0, 0.05) is 18.2 Å². The molecule has 1 aliphatic rings. The van der Waals surface area contributed by atoms with Crippen LogP contribution in [-0.4, -0.2) is 55.8 Å².